The molecule has 0 radical (unpaired) electrons. The smallest absolute Gasteiger partial charge is 0.157 e. The fourth-order valence-electron chi connectivity index (χ4n) is 2.36. The van der Waals surface area contributed by atoms with Crippen LogP contribution in [0.3, 0.4) is 0 Å². The summed E-state index contributed by atoms with van der Waals surface area (Å²) in [5.74, 6) is 1.88. The van der Waals surface area contributed by atoms with Gasteiger partial charge in [-0.25, -0.2) is 0 Å². The first-order chi connectivity index (χ1) is 8.84. The predicted molar refractivity (Wildman–Crippen MR) is 88.1 cm³/mol. The van der Waals surface area contributed by atoms with Crippen LogP contribution in [0.5, 0.6) is 0 Å². The van der Waals surface area contributed by atoms with Gasteiger partial charge in [0.05, 0.1) is 6.04 Å². The molecule has 0 saturated carbocycles. The number of thioether (sulfide) groups is 1. The van der Waals surface area contributed by atoms with Crippen molar-refractivity contribution in [3.63, 3.8) is 0 Å². The van der Waals surface area contributed by atoms with E-state index in [0.717, 1.165) is 24.6 Å². The largest absolute Gasteiger partial charge is 0.360 e. The Morgan fingerprint density at radius 2 is 2.11 bits per heavy atom. The van der Waals surface area contributed by atoms with Crippen molar-refractivity contribution in [2.45, 2.75) is 58.5 Å². The van der Waals surface area contributed by atoms with E-state index in [4.69, 9.17) is 4.99 Å². The van der Waals surface area contributed by atoms with Crippen LogP contribution in [-0.2, 0) is 0 Å². The molecule has 1 saturated heterocycles. The third-order valence-electron chi connectivity index (χ3n) is 3.70. The standard InChI is InChI=1S/C15H31N3S/c1-7-15(4)8-9-19-14(17-15)16-13(10-12(2)3)11-18(5)6/h12-13H,7-11H2,1-6H3,(H,16,17). The van der Waals surface area contributed by atoms with Crippen LogP contribution < -0.4 is 5.32 Å². The third kappa shape index (κ3) is 6.17. The average Bonchev–Trinajstić information content (AvgIpc) is 2.27. The van der Waals surface area contributed by atoms with Gasteiger partial charge in [-0.05, 0) is 46.2 Å². The summed E-state index contributed by atoms with van der Waals surface area (Å²) in [6.45, 7) is 10.2. The van der Waals surface area contributed by atoms with E-state index in [9.17, 15) is 0 Å². The first-order valence-corrected chi connectivity index (χ1v) is 8.46. The van der Waals surface area contributed by atoms with E-state index < -0.39 is 0 Å². The molecular weight excluding hydrogens is 254 g/mol. The Kier molecular flexibility index (Phi) is 6.67. The second-order valence-electron chi connectivity index (χ2n) is 6.62. The molecule has 0 aromatic carbocycles. The van der Waals surface area contributed by atoms with Gasteiger partial charge in [0.15, 0.2) is 5.17 Å². The molecule has 1 heterocycles. The highest BCUT2D eigenvalue weighted by Gasteiger charge is 2.28. The number of nitrogens with one attached hydrogen (secondary N) is 1. The van der Waals surface area contributed by atoms with Crippen molar-refractivity contribution in [1.29, 1.82) is 0 Å². The lowest BCUT2D eigenvalue weighted by Gasteiger charge is -2.35. The summed E-state index contributed by atoms with van der Waals surface area (Å²) in [4.78, 5) is 7.23. The van der Waals surface area contributed by atoms with Crippen molar-refractivity contribution in [2.75, 3.05) is 26.4 Å². The molecular formula is C15H31N3S. The minimum atomic E-state index is 0.241. The summed E-state index contributed by atoms with van der Waals surface area (Å²) in [5, 5.41) is 4.81. The molecule has 0 bridgehead atoms. The van der Waals surface area contributed by atoms with Crippen LogP contribution in [0.25, 0.3) is 0 Å². The van der Waals surface area contributed by atoms with E-state index in [1.165, 1.54) is 12.2 Å². The molecule has 3 nitrogen and oxygen atoms in total. The maximum absolute atomic E-state index is 4.99. The highest BCUT2D eigenvalue weighted by Crippen LogP contribution is 2.25. The number of nitrogens with zero attached hydrogens (tertiary/aromatic N) is 2. The predicted octanol–water partition coefficient (Wildman–Crippen LogP) is 3.21. The molecule has 1 aliphatic heterocycles. The molecule has 0 aromatic rings. The lowest BCUT2D eigenvalue weighted by atomic mass is 9.96. The fourth-order valence-corrected chi connectivity index (χ4v) is 3.65. The summed E-state index contributed by atoms with van der Waals surface area (Å²) in [6.07, 6.45) is 3.55. The summed E-state index contributed by atoms with van der Waals surface area (Å²) in [6, 6.07) is 0.407. The Morgan fingerprint density at radius 3 is 2.63 bits per heavy atom. The second kappa shape index (κ2) is 7.53. The Balaban J connectivity index is 2.71. The van der Waals surface area contributed by atoms with Crippen LogP contribution >= 0.6 is 11.8 Å². The van der Waals surface area contributed by atoms with Gasteiger partial charge in [-0.3, -0.25) is 4.99 Å². The maximum Gasteiger partial charge on any atom is 0.157 e. The molecule has 0 aliphatic carbocycles. The normalized spacial score (nSPS) is 27.9. The fraction of sp³-hybridized carbons (Fsp3) is 0.933. The van der Waals surface area contributed by atoms with E-state index in [2.05, 4.69) is 52.0 Å². The molecule has 2 unspecified atom stereocenters. The van der Waals surface area contributed by atoms with Crippen LogP contribution in [0.15, 0.2) is 4.99 Å². The van der Waals surface area contributed by atoms with Crippen molar-refractivity contribution >= 4 is 16.9 Å². The molecule has 4 heteroatoms. The van der Waals surface area contributed by atoms with Crippen LogP contribution in [0, 0.1) is 5.92 Å². The Bertz CT molecular complexity index is 292. The number of aliphatic imine (C=N–C) groups is 1. The van der Waals surface area contributed by atoms with E-state index in [1.54, 1.807) is 0 Å². The molecule has 1 aliphatic rings. The SMILES string of the molecule is CCC1(C)CCSC(=NC(CC(C)C)CN(C)C)N1. The molecule has 112 valence electrons. The summed E-state index contributed by atoms with van der Waals surface area (Å²) < 4.78 is 0. The van der Waals surface area contributed by atoms with Crippen LogP contribution in [0.4, 0.5) is 0 Å². The van der Waals surface area contributed by atoms with Gasteiger partial charge in [-0.2, -0.15) is 0 Å². The molecule has 2 atom stereocenters. The number of rotatable bonds is 6. The third-order valence-corrected chi connectivity index (χ3v) is 4.59. The molecule has 0 aromatic heterocycles. The summed E-state index contributed by atoms with van der Waals surface area (Å²) in [5.41, 5.74) is 0.241. The zero-order valence-electron chi connectivity index (χ0n) is 13.5. The lowest BCUT2D eigenvalue weighted by molar-refractivity contribution is 0.342. The molecule has 1 N–H and O–H groups in total. The number of hydrogen-bond donors (Lipinski definition) is 1. The van der Waals surface area contributed by atoms with E-state index in [-0.39, 0.29) is 5.54 Å². The monoisotopic (exact) mass is 285 g/mol. The molecule has 0 spiro atoms. The first-order valence-electron chi connectivity index (χ1n) is 7.48. The zero-order chi connectivity index (χ0) is 14.5. The van der Waals surface area contributed by atoms with Gasteiger partial charge in [-0.15, -0.1) is 0 Å². The van der Waals surface area contributed by atoms with Crippen LogP contribution in [-0.4, -0.2) is 48.0 Å². The van der Waals surface area contributed by atoms with Crippen molar-refractivity contribution < 1.29 is 0 Å². The van der Waals surface area contributed by atoms with Crippen LogP contribution in [0.2, 0.25) is 0 Å². The van der Waals surface area contributed by atoms with Crippen molar-refractivity contribution in [3.05, 3.63) is 0 Å². The second-order valence-corrected chi connectivity index (χ2v) is 7.70. The van der Waals surface area contributed by atoms with Gasteiger partial charge in [0, 0.05) is 17.8 Å². The zero-order valence-corrected chi connectivity index (χ0v) is 14.3. The molecule has 0 amide bonds. The summed E-state index contributed by atoms with van der Waals surface area (Å²) >= 11 is 1.88. The minimum Gasteiger partial charge on any atom is -0.360 e. The van der Waals surface area contributed by atoms with Crippen molar-refractivity contribution in [3.8, 4) is 0 Å². The van der Waals surface area contributed by atoms with E-state index >= 15 is 0 Å². The van der Waals surface area contributed by atoms with Gasteiger partial charge >= 0.3 is 0 Å². The van der Waals surface area contributed by atoms with Crippen molar-refractivity contribution in [1.82, 2.24) is 10.2 Å². The first kappa shape index (κ1) is 16.8. The van der Waals surface area contributed by atoms with Crippen LogP contribution in [0.1, 0.15) is 47.0 Å². The minimum absolute atomic E-state index is 0.241. The Labute approximate surface area is 123 Å². The maximum atomic E-state index is 4.99. The number of hydrogen-bond acceptors (Lipinski definition) is 3. The number of likely N-dealkylation sites (N-methyl/N-ethyl adjacent to an activating group) is 1. The van der Waals surface area contributed by atoms with Crippen molar-refractivity contribution in [2.24, 2.45) is 10.9 Å². The van der Waals surface area contributed by atoms with Gasteiger partial charge in [0.2, 0.25) is 0 Å². The molecule has 1 rings (SSSR count). The number of amidine groups is 1. The summed E-state index contributed by atoms with van der Waals surface area (Å²) in [7, 11) is 4.26. The lowest BCUT2D eigenvalue weighted by Crippen LogP contribution is -2.48. The van der Waals surface area contributed by atoms with E-state index in [0.29, 0.717) is 12.0 Å². The quantitative estimate of drug-likeness (QED) is 0.812. The highest BCUT2D eigenvalue weighted by molar-refractivity contribution is 8.13. The van der Waals surface area contributed by atoms with Gasteiger partial charge in [0.25, 0.3) is 0 Å². The van der Waals surface area contributed by atoms with Gasteiger partial charge < -0.3 is 10.2 Å². The molecule has 1 fully saturated rings. The van der Waals surface area contributed by atoms with E-state index in [1.807, 2.05) is 11.8 Å². The topological polar surface area (TPSA) is 27.6 Å². The highest BCUT2D eigenvalue weighted by atomic mass is 32.2. The Morgan fingerprint density at radius 1 is 1.42 bits per heavy atom. The van der Waals surface area contributed by atoms with Gasteiger partial charge in [0.1, 0.15) is 0 Å². The van der Waals surface area contributed by atoms with Gasteiger partial charge in [-0.1, -0.05) is 32.5 Å². The average molecular weight is 286 g/mol. The molecule has 19 heavy (non-hydrogen) atoms. The Hall–Kier alpha value is -0.220.